The molecule has 160 valence electrons. The van der Waals surface area contributed by atoms with Crippen LogP contribution in [-0.4, -0.2) is 38.1 Å². The molecule has 6 heteroatoms. The summed E-state index contributed by atoms with van der Waals surface area (Å²) in [6.45, 7) is 8.47. The fourth-order valence-electron chi connectivity index (χ4n) is 3.82. The van der Waals surface area contributed by atoms with Crippen LogP contribution in [0.5, 0.6) is 0 Å². The van der Waals surface area contributed by atoms with Gasteiger partial charge in [0.1, 0.15) is 5.82 Å². The Morgan fingerprint density at radius 1 is 1.07 bits per heavy atom. The van der Waals surface area contributed by atoms with Gasteiger partial charge in [0.15, 0.2) is 0 Å². The molecule has 3 N–H and O–H groups in total. The van der Waals surface area contributed by atoms with Crippen molar-refractivity contribution in [3.05, 3.63) is 47.5 Å². The maximum atomic E-state index is 13.4. The molecule has 0 fully saturated rings. The Hall–Kier alpha value is -2.18. The van der Waals surface area contributed by atoms with Gasteiger partial charge in [-0.3, -0.25) is 4.79 Å². The third-order valence-corrected chi connectivity index (χ3v) is 5.12. The van der Waals surface area contributed by atoms with E-state index in [1.165, 1.54) is 17.8 Å². The molecule has 0 saturated heterocycles. The summed E-state index contributed by atoms with van der Waals surface area (Å²) in [6.07, 6.45) is 0.873. The van der Waals surface area contributed by atoms with E-state index in [2.05, 4.69) is 38.5 Å². The first-order valence-corrected chi connectivity index (χ1v) is 10.2. The third kappa shape index (κ3) is 6.15. The molecule has 2 rings (SSSR count). The number of carboxylic acid groups (broad SMARTS) is 1. The lowest BCUT2D eigenvalue weighted by atomic mass is 9.93. The number of carboxylic acids is 1. The van der Waals surface area contributed by atoms with Crippen LogP contribution in [0.4, 0.5) is 4.39 Å². The number of benzene rings is 1. The number of nitrogens with zero attached hydrogens (tertiary/aromatic N) is 1. The second-order valence-electron chi connectivity index (χ2n) is 8.25. The van der Waals surface area contributed by atoms with Crippen molar-refractivity contribution >= 4 is 5.97 Å². The fourth-order valence-corrected chi connectivity index (χ4v) is 3.82. The van der Waals surface area contributed by atoms with Crippen molar-refractivity contribution in [3.63, 3.8) is 0 Å². The van der Waals surface area contributed by atoms with E-state index in [9.17, 15) is 19.4 Å². The highest BCUT2D eigenvalue weighted by Crippen LogP contribution is 2.35. The first-order valence-electron chi connectivity index (χ1n) is 10.2. The highest BCUT2D eigenvalue weighted by molar-refractivity contribution is 5.69. The van der Waals surface area contributed by atoms with Gasteiger partial charge < -0.3 is 19.9 Å². The van der Waals surface area contributed by atoms with Gasteiger partial charge in [-0.1, -0.05) is 26.0 Å². The zero-order valence-corrected chi connectivity index (χ0v) is 17.6. The summed E-state index contributed by atoms with van der Waals surface area (Å²) < 4.78 is 15.6. The summed E-state index contributed by atoms with van der Waals surface area (Å²) in [5, 5.41) is 28.9. The second kappa shape index (κ2) is 10.0. The molecule has 2 atom stereocenters. The summed E-state index contributed by atoms with van der Waals surface area (Å²) in [7, 11) is 0. The predicted molar refractivity (Wildman–Crippen MR) is 112 cm³/mol. The van der Waals surface area contributed by atoms with Gasteiger partial charge in [0, 0.05) is 23.5 Å². The zero-order chi connectivity index (χ0) is 21.7. The van der Waals surface area contributed by atoms with Crippen molar-refractivity contribution in [3.8, 4) is 11.1 Å². The average molecular weight is 406 g/mol. The Morgan fingerprint density at radius 3 is 2.21 bits per heavy atom. The maximum absolute atomic E-state index is 13.4. The minimum Gasteiger partial charge on any atom is -0.481 e. The molecule has 2 aromatic rings. The number of halogens is 1. The number of hydrogen-bond acceptors (Lipinski definition) is 3. The molecule has 0 aliphatic rings. The lowest BCUT2D eigenvalue weighted by Gasteiger charge is -2.19. The van der Waals surface area contributed by atoms with E-state index in [1.807, 2.05) is 0 Å². The maximum Gasteiger partial charge on any atom is 0.305 e. The number of hydrogen-bond donors (Lipinski definition) is 3. The molecule has 1 heterocycles. The SMILES string of the molecule is CC(C)c1c(CC[C@H](O)C[C@@H](O)CC(=O)O)c(-c2ccc(F)cc2)cn1C(C)C. The largest absolute Gasteiger partial charge is 0.481 e. The number of aromatic nitrogens is 1. The number of aliphatic hydroxyl groups excluding tert-OH is 2. The van der Waals surface area contributed by atoms with Gasteiger partial charge in [0.05, 0.1) is 18.6 Å². The fraction of sp³-hybridized carbons (Fsp3) is 0.522. The lowest BCUT2D eigenvalue weighted by Crippen LogP contribution is -2.21. The van der Waals surface area contributed by atoms with Gasteiger partial charge in [-0.15, -0.1) is 0 Å². The summed E-state index contributed by atoms with van der Waals surface area (Å²) >= 11 is 0. The zero-order valence-electron chi connectivity index (χ0n) is 17.6. The van der Waals surface area contributed by atoms with Gasteiger partial charge in [-0.25, -0.2) is 4.39 Å². The molecule has 0 aliphatic carbocycles. The van der Waals surface area contributed by atoms with Crippen molar-refractivity contribution < 1.29 is 24.5 Å². The van der Waals surface area contributed by atoms with Crippen LogP contribution >= 0.6 is 0 Å². The highest BCUT2D eigenvalue weighted by Gasteiger charge is 2.22. The Balaban J connectivity index is 2.32. The van der Waals surface area contributed by atoms with Crippen LogP contribution in [0.25, 0.3) is 11.1 Å². The third-order valence-electron chi connectivity index (χ3n) is 5.12. The molecule has 0 amide bonds. The van der Waals surface area contributed by atoms with Crippen LogP contribution in [-0.2, 0) is 11.2 Å². The molecule has 1 aromatic carbocycles. The number of carbonyl (C=O) groups is 1. The normalized spacial score (nSPS) is 13.8. The summed E-state index contributed by atoms with van der Waals surface area (Å²) in [6, 6.07) is 6.66. The van der Waals surface area contributed by atoms with E-state index in [0.29, 0.717) is 12.8 Å². The smallest absolute Gasteiger partial charge is 0.305 e. The van der Waals surface area contributed by atoms with Crippen molar-refractivity contribution in [1.82, 2.24) is 4.57 Å². The van der Waals surface area contributed by atoms with Gasteiger partial charge in [0.25, 0.3) is 0 Å². The average Bonchev–Trinajstić information content (AvgIpc) is 2.99. The van der Waals surface area contributed by atoms with E-state index < -0.39 is 18.2 Å². The van der Waals surface area contributed by atoms with Crippen LogP contribution in [0.2, 0.25) is 0 Å². The molecule has 0 unspecified atom stereocenters. The first kappa shape index (κ1) is 23.1. The Kier molecular flexibility index (Phi) is 7.99. The summed E-state index contributed by atoms with van der Waals surface area (Å²) in [4.78, 5) is 10.7. The molecule has 1 aromatic heterocycles. The van der Waals surface area contributed by atoms with Crippen LogP contribution in [0.1, 0.15) is 70.2 Å². The monoisotopic (exact) mass is 405 g/mol. The molecular weight excluding hydrogens is 373 g/mol. The molecule has 0 radical (unpaired) electrons. The molecule has 29 heavy (non-hydrogen) atoms. The molecule has 0 saturated carbocycles. The van der Waals surface area contributed by atoms with Crippen LogP contribution < -0.4 is 0 Å². The van der Waals surface area contributed by atoms with Crippen molar-refractivity contribution in [2.24, 2.45) is 0 Å². The number of aliphatic hydroxyl groups is 2. The predicted octanol–water partition coefficient (Wildman–Crippen LogP) is 4.52. The minimum absolute atomic E-state index is 0.0279. The first-order chi connectivity index (χ1) is 13.6. The Labute approximate surface area is 171 Å². The summed E-state index contributed by atoms with van der Waals surface area (Å²) in [5.74, 6) is -1.11. The summed E-state index contributed by atoms with van der Waals surface area (Å²) in [5.41, 5.74) is 4.22. The Bertz CT molecular complexity index is 811. The lowest BCUT2D eigenvalue weighted by molar-refractivity contribution is -0.139. The second-order valence-corrected chi connectivity index (χ2v) is 8.25. The topological polar surface area (TPSA) is 82.7 Å². The van der Waals surface area contributed by atoms with E-state index >= 15 is 0 Å². The highest BCUT2D eigenvalue weighted by atomic mass is 19.1. The van der Waals surface area contributed by atoms with E-state index in [0.717, 1.165) is 16.7 Å². The van der Waals surface area contributed by atoms with Gasteiger partial charge in [-0.2, -0.15) is 0 Å². The van der Waals surface area contributed by atoms with Gasteiger partial charge in [0.2, 0.25) is 0 Å². The van der Waals surface area contributed by atoms with Crippen LogP contribution in [0.15, 0.2) is 30.5 Å². The molecule has 0 bridgehead atoms. The number of aliphatic carboxylic acids is 1. The standard InChI is InChI=1S/C23H32FNO4/c1-14(2)23-20(10-9-18(26)11-19(27)12-22(28)29)21(13-25(23)15(3)4)16-5-7-17(24)8-6-16/h5-8,13-15,18-19,26-27H,9-12H2,1-4H3,(H,28,29)/t18-,19+/m0/s1. The van der Waals surface area contributed by atoms with Gasteiger partial charge in [-0.05, 0) is 62.3 Å². The molecular formula is C23H32FNO4. The molecule has 0 spiro atoms. The van der Waals surface area contributed by atoms with E-state index in [1.54, 1.807) is 12.1 Å². The number of rotatable bonds is 10. The van der Waals surface area contributed by atoms with E-state index in [4.69, 9.17) is 5.11 Å². The van der Waals surface area contributed by atoms with Gasteiger partial charge >= 0.3 is 5.97 Å². The quantitative estimate of drug-likeness (QED) is 0.543. The van der Waals surface area contributed by atoms with Crippen molar-refractivity contribution in [1.29, 1.82) is 0 Å². The van der Waals surface area contributed by atoms with E-state index in [-0.39, 0.29) is 30.6 Å². The van der Waals surface area contributed by atoms with Crippen LogP contribution in [0.3, 0.4) is 0 Å². The van der Waals surface area contributed by atoms with Crippen molar-refractivity contribution in [2.45, 2.75) is 77.5 Å². The Morgan fingerprint density at radius 2 is 1.69 bits per heavy atom. The molecule has 0 aliphatic heterocycles. The molecule has 5 nitrogen and oxygen atoms in total. The van der Waals surface area contributed by atoms with Crippen LogP contribution in [0, 0.1) is 5.82 Å². The van der Waals surface area contributed by atoms with Crippen molar-refractivity contribution in [2.75, 3.05) is 0 Å². The minimum atomic E-state index is -1.08.